The Balaban J connectivity index is 1.56. The number of hydrogen-bond donors (Lipinski definition) is 2. The first-order valence-corrected chi connectivity index (χ1v) is 13.5. The molecule has 0 saturated heterocycles. The molecule has 0 aromatic heterocycles. The molecule has 10 atom stereocenters. The zero-order valence-corrected chi connectivity index (χ0v) is 21.4. The Morgan fingerprint density at radius 3 is 2.29 bits per heavy atom. The van der Waals surface area contributed by atoms with E-state index in [2.05, 4.69) is 48.1 Å². The van der Waals surface area contributed by atoms with Gasteiger partial charge in [0.2, 0.25) is 0 Å². The predicted octanol–water partition coefficient (Wildman–Crippen LogP) is 6.96. The Morgan fingerprint density at radius 2 is 1.61 bits per heavy atom. The van der Waals surface area contributed by atoms with Gasteiger partial charge in [-0.2, -0.15) is 0 Å². The Kier molecular flexibility index (Phi) is 6.26. The van der Waals surface area contributed by atoms with Crippen LogP contribution in [-0.2, 0) is 0 Å². The van der Waals surface area contributed by atoms with Crippen molar-refractivity contribution < 1.29 is 5.11 Å². The summed E-state index contributed by atoms with van der Waals surface area (Å²) >= 11 is 0. The maximum atomic E-state index is 10.8. The average molecular weight is 430 g/mol. The largest absolute Gasteiger partial charge is 0.393 e. The predicted molar refractivity (Wildman–Crippen MR) is 132 cm³/mol. The SMILES string of the molecule is C=C(C)C1CCC2(N)CCC(C)C(CCC3C(C)CCC4C(C)(C)C(O)CCC34C)C12. The molecule has 0 bridgehead atoms. The fourth-order valence-corrected chi connectivity index (χ4v) is 9.76. The molecule has 31 heavy (non-hydrogen) atoms. The number of aliphatic hydroxyl groups excluding tert-OH is 1. The average Bonchev–Trinajstić information content (AvgIpc) is 3.04. The molecule has 0 amide bonds. The summed E-state index contributed by atoms with van der Waals surface area (Å²) in [6.07, 6.45) is 12.3. The van der Waals surface area contributed by atoms with Gasteiger partial charge in [-0.15, -0.1) is 0 Å². The molecule has 0 radical (unpaired) electrons. The monoisotopic (exact) mass is 429 g/mol. The van der Waals surface area contributed by atoms with Crippen LogP contribution >= 0.6 is 0 Å². The lowest BCUT2D eigenvalue weighted by atomic mass is 9.45. The molecule has 0 spiro atoms. The first-order valence-electron chi connectivity index (χ1n) is 13.5. The summed E-state index contributed by atoms with van der Waals surface area (Å²) in [5.74, 6) is 5.04. The summed E-state index contributed by atoms with van der Waals surface area (Å²) in [5, 5.41) is 10.8. The standard InChI is InChI=1S/C29H51NO/c1-18(2)21-13-17-29(30)16-12-19(3)22(26(21)29)9-10-23-20(4)8-11-24-27(5,6)25(31)14-15-28(23,24)7/h19-26,31H,1,8-17,30H2,2-7H3. The molecule has 4 fully saturated rings. The summed E-state index contributed by atoms with van der Waals surface area (Å²) in [5.41, 5.74) is 8.95. The Labute approximate surface area is 192 Å². The topological polar surface area (TPSA) is 46.2 Å². The van der Waals surface area contributed by atoms with Crippen LogP contribution < -0.4 is 5.73 Å². The Bertz CT molecular complexity index is 684. The minimum Gasteiger partial charge on any atom is -0.393 e. The van der Waals surface area contributed by atoms with Crippen LogP contribution in [0.4, 0.5) is 0 Å². The highest BCUT2D eigenvalue weighted by Crippen LogP contribution is 2.63. The zero-order valence-electron chi connectivity index (χ0n) is 21.4. The van der Waals surface area contributed by atoms with Crippen molar-refractivity contribution in [2.45, 2.75) is 117 Å². The van der Waals surface area contributed by atoms with Gasteiger partial charge in [-0.1, -0.05) is 53.2 Å². The molecule has 4 saturated carbocycles. The quantitative estimate of drug-likeness (QED) is 0.474. The van der Waals surface area contributed by atoms with Crippen LogP contribution in [-0.4, -0.2) is 16.7 Å². The summed E-state index contributed by atoms with van der Waals surface area (Å²) in [4.78, 5) is 0. The normalized spacial score (nSPS) is 51.7. The number of rotatable bonds is 4. The van der Waals surface area contributed by atoms with E-state index in [-0.39, 0.29) is 17.1 Å². The highest BCUT2D eigenvalue weighted by molar-refractivity contribution is 5.15. The van der Waals surface area contributed by atoms with Crippen LogP contribution in [0.2, 0.25) is 0 Å². The smallest absolute Gasteiger partial charge is 0.0594 e. The molecule has 2 nitrogen and oxygen atoms in total. The van der Waals surface area contributed by atoms with E-state index in [1.807, 2.05) is 0 Å². The molecule has 0 aromatic carbocycles. The van der Waals surface area contributed by atoms with Gasteiger partial charge in [0.05, 0.1) is 6.10 Å². The van der Waals surface area contributed by atoms with E-state index in [1.54, 1.807) is 0 Å². The molecular formula is C29H51NO. The highest BCUT2D eigenvalue weighted by atomic mass is 16.3. The second kappa shape index (κ2) is 8.15. The Hall–Kier alpha value is -0.340. The van der Waals surface area contributed by atoms with E-state index >= 15 is 0 Å². The molecule has 0 heterocycles. The highest BCUT2D eigenvalue weighted by Gasteiger charge is 2.57. The van der Waals surface area contributed by atoms with Gasteiger partial charge >= 0.3 is 0 Å². The lowest BCUT2D eigenvalue weighted by Gasteiger charge is -2.61. The van der Waals surface area contributed by atoms with Crippen molar-refractivity contribution >= 4 is 0 Å². The fraction of sp³-hybridized carbons (Fsp3) is 0.931. The summed E-state index contributed by atoms with van der Waals surface area (Å²) in [6.45, 7) is 18.9. The summed E-state index contributed by atoms with van der Waals surface area (Å²) in [7, 11) is 0. The van der Waals surface area contributed by atoms with Gasteiger partial charge in [0.25, 0.3) is 0 Å². The number of fused-ring (bicyclic) bond motifs is 2. The van der Waals surface area contributed by atoms with Gasteiger partial charge in [0.15, 0.2) is 0 Å². The minimum absolute atomic E-state index is 0.0480. The number of aliphatic hydroxyl groups is 1. The Morgan fingerprint density at radius 1 is 0.935 bits per heavy atom. The van der Waals surface area contributed by atoms with Crippen molar-refractivity contribution in [1.82, 2.24) is 0 Å². The van der Waals surface area contributed by atoms with Gasteiger partial charge in [-0.3, -0.25) is 0 Å². The minimum atomic E-state index is -0.134. The third-order valence-electron chi connectivity index (χ3n) is 11.7. The van der Waals surface area contributed by atoms with Gasteiger partial charge in [-0.25, -0.2) is 0 Å². The first-order chi connectivity index (χ1) is 14.4. The van der Waals surface area contributed by atoms with E-state index in [4.69, 9.17) is 5.73 Å². The summed E-state index contributed by atoms with van der Waals surface area (Å²) in [6, 6.07) is 0. The van der Waals surface area contributed by atoms with Crippen LogP contribution in [0.5, 0.6) is 0 Å². The molecule has 4 aliphatic rings. The lowest BCUT2D eigenvalue weighted by Crippen LogP contribution is -2.56. The van der Waals surface area contributed by atoms with Crippen molar-refractivity contribution in [2.24, 2.45) is 58.0 Å². The van der Waals surface area contributed by atoms with Crippen molar-refractivity contribution in [1.29, 1.82) is 0 Å². The van der Waals surface area contributed by atoms with E-state index in [0.717, 1.165) is 30.1 Å². The van der Waals surface area contributed by atoms with Crippen LogP contribution in [0.15, 0.2) is 12.2 Å². The van der Waals surface area contributed by atoms with E-state index in [0.29, 0.717) is 23.2 Å². The molecular weight excluding hydrogens is 378 g/mol. The third kappa shape index (κ3) is 3.76. The third-order valence-corrected chi connectivity index (χ3v) is 11.7. The van der Waals surface area contributed by atoms with Crippen molar-refractivity contribution in [2.75, 3.05) is 0 Å². The van der Waals surface area contributed by atoms with E-state index < -0.39 is 0 Å². The summed E-state index contributed by atoms with van der Waals surface area (Å²) < 4.78 is 0. The molecule has 178 valence electrons. The van der Waals surface area contributed by atoms with Crippen molar-refractivity contribution in [3.05, 3.63) is 12.2 Å². The maximum Gasteiger partial charge on any atom is 0.0594 e. The van der Waals surface area contributed by atoms with Crippen LogP contribution in [0.3, 0.4) is 0 Å². The first kappa shape index (κ1) is 23.8. The van der Waals surface area contributed by atoms with Gasteiger partial charge in [0.1, 0.15) is 0 Å². The van der Waals surface area contributed by atoms with Gasteiger partial charge < -0.3 is 10.8 Å². The molecule has 10 unspecified atom stereocenters. The molecule has 0 aromatic rings. The zero-order chi connectivity index (χ0) is 22.8. The van der Waals surface area contributed by atoms with Crippen molar-refractivity contribution in [3.8, 4) is 0 Å². The molecule has 2 heteroatoms. The lowest BCUT2D eigenvalue weighted by molar-refractivity contribution is -0.151. The molecule has 0 aliphatic heterocycles. The van der Waals surface area contributed by atoms with E-state index in [1.165, 1.54) is 63.4 Å². The molecule has 4 rings (SSSR count). The van der Waals surface area contributed by atoms with Crippen LogP contribution in [0.25, 0.3) is 0 Å². The second-order valence-corrected chi connectivity index (χ2v) is 13.6. The van der Waals surface area contributed by atoms with Crippen LogP contribution in [0, 0.1) is 52.3 Å². The number of hydrogen-bond acceptors (Lipinski definition) is 2. The van der Waals surface area contributed by atoms with Gasteiger partial charge in [0, 0.05) is 5.54 Å². The maximum absolute atomic E-state index is 10.8. The molecule has 3 N–H and O–H groups in total. The number of allylic oxidation sites excluding steroid dienone is 1. The van der Waals surface area contributed by atoms with Gasteiger partial charge in [-0.05, 0) is 117 Å². The second-order valence-electron chi connectivity index (χ2n) is 13.6. The number of nitrogens with two attached hydrogens (primary N) is 1. The van der Waals surface area contributed by atoms with Crippen molar-refractivity contribution in [3.63, 3.8) is 0 Å². The van der Waals surface area contributed by atoms with E-state index in [9.17, 15) is 5.11 Å². The van der Waals surface area contributed by atoms with Crippen LogP contribution in [0.1, 0.15) is 106 Å². The fourth-order valence-electron chi connectivity index (χ4n) is 9.76. The molecule has 4 aliphatic carbocycles.